The topological polar surface area (TPSA) is 116 Å². The van der Waals surface area contributed by atoms with Crippen LogP contribution < -0.4 is 10.6 Å². The summed E-state index contributed by atoms with van der Waals surface area (Å²) in [4.78, 5) is 35.2. The molecule has 7 heteroatoms. The number of aliphatic hydroxyl groups is 1. The van der Waals surface area contributed by atoms with Gasteiger partial charge in [-0.1, -0.05) is 44.2 Å². The van der Waals surface area contributed by atoms with Crippen molar-refractivity contribution in [1.29, 1.82) is 0 Å². The molecule has 0 aliphatic heterocycles. The normalized spacial score (nSPS) is 14.5. The van der Waals surface area contributed by atoms with Crippen LogP contribution in [0.15, 0.2) is 30.3 Å². The number of carboxylic acid groups (broad SMARTS) is 1. The van der Waals surface area contributed by atoms with Crippen molar-refractivity contribution in [2.24, 2.45) is 5.92 Å². The van der Waals surface area contributed by atoms with Gasteiger partial charge in [-0.2, -0.15) is 0 Å². The molecule has 2 unspecified atom stereocenters. The number of benzene rings is 1. The van der Waals surface area contributed by atoms with Gasteiger partial charge in [-0.05, 0) is 18.4 Å². The standard InChI is InChI=1S/C17H24N2O5/c1-11(2)14(15(21)18-10-17(3,24)16(22)23)19-13(20)9-12-7-5-4-6-8-12/h4-8,11,14,24H,9-10H2,1-3H3,(H,18,21)(H,19,20)(H,22,23). The fourth-order valence-electron chi connectivity index (χ4n) is 1.99. The smallest absolute Gasteiger partial charge is 0.337 e. The molecule has 1 rings (SSSR count). The van der Waals surface area contributed by atoms with Gasteiger partial charge in [0, 0.05) is 0 Å². The molecule has 0 heterocycles. The first-order valence-corrected chi connectivity index (χ1v) is 7.70. The summed E-state index contributed by atoms with van der Waals surface area (Å²) < 4.78 is 0. The van der Waals surface area contributed by atoms with E-state index in [-0.39, 0.29) is 18.2 Å². The molecular formula is C17H24N2O5. The van der Waals surface area contributed by atoms with Crippen LogP contribution in [-0.4, -0.2) is 46.2 Å². The van der Waals surface area contributed by atoms with E-state index < -0.39 is 30.1 Å². The maximum Gasteiger partial charge on any atom is 0.337 e. The van der Waals surface area contributed by atoms with Crippen LogP contribution in [0.1, 0.15) is 26.3 Å². The molecule has 24 heavy (non-hydrogen) atoms. The van der Waals surface area contributed by atoms with Gasteiger partial charge < -0.3 is 20.8 Å². The van der Waals surface area contributed by atoms with Crippen LogP contribution in [-0.2, 0) is 20.8 Å². The highest BCUT2D eigenvalue weighted by Crippen LogP contribution is 2.06. The Morgan fingerprint density at radius 1 is 1.17 bits per heavy atom. The van der Waals surface area contributed by atoms with Crippen LogP contribution >= 0.6 is 0 Å². The molecule has 2 amide bonds. The molecule has 7 nitrogen and oxygen atoms in total. The third kappa shape index (κ3) is 6.00. The van der Waals surface area contributed by atoms with Gasteiger partial charge in [0.1, 0.15) is 6.04 Å². The highest BCUT2D eigenvalue weighted by molar-refractivity contribution is 5.89. The molecule has 0 saturated heterocycles. The van der Waals surface area contributed by atoms with Gasteiger partial charge >= 0.3 is 5.97 Å². The Hall–Kier alpha value is -2.41. The summed E-state index contributed by atoms with van der Waals surface area (Å²) in [6.07, 6.45) is 0.143. The predicted molar refractivity (Wildman–Crippen MR) is 88.2 cm³/mol. The number of amides is 2. The van der Waals surface area contributed by atoms with Gasteiger partial charge in [-0.15, -0.1) is 0 Å². The minimum atomic E-state index is -2.06. The predicted octanol–water partition coefficient (Wildman–Crippen LogP) is 0.322. The number of hydrogen-bond acceptors (Lipinski definition) is 4. The third-order valence-corrected chi connectivity index (χ3v) is 3.54. The number of rotatable bonds is 8. The summed E-state index contributed by atoms with van der Waals surface area (Å²) in [6, 6.07) is 8.31. The lowest BCUT2D eigenvalue weighted by molar-refractivity contribution is -0.156. The van der Waals surface area contributed by atoms with E-state index in [2.05, 4.69) is 10.6 Å². The Balaban J connectivity index is 2.64. The Bertz CT molecular complexity index is 584. The van der Waals surface area contributed by atoms with Crippen molar-refractivity contribution in [2.75, 3.05) is 6.54 Å². The fourth-order valence-corrected chi connectivity index (χ4v) is 1.99. The summed E-state index contributed by atoms with van der Waals surface area (Å²) >= 11 is 0. The third-order valence-electron chi connectivity index (χ3n) is 3.54. The summed E-state index contributed by atoms with van der Waals surface area (Å²) in [5, 5.41) is 23.5. The number of aliphatic carboxylic acids is 1. The second-order valence-electron chi connectivity index (χ2n) is 6.25. The average molecular weight is 336 g/mol. The summed E-state index contributed by atoms with van der Waals surface area (Å²) in [7, 11) is 0. The van der Waals surface area contributed by atoms with E-state index in [0.29, 0.717) is 0 Å². The first-order chi connectivity index (χ1) is 11.1. The SMILES string of the molecule is CC(C)C(NC(=O)Cc1ccccc1)C(=O)NCC(C)(O)C(=O)O. The molecule has 132 valence electrons. The minimum Gasteiger partial charge on any atom is -0.479 e. The van der Waals surface area contributed by atoms with Gasteiger partial charge in [-0.25, -0.2) is 4.79 Å². The highest BCUT2D eigenvalue weighted by atomic mass is 16.4. The van der Waals surface area contributed by atoms with E-state index in [9.17, 15) is 19.5 Å². The van der Waals surface area contributed by atoms with Gasteiger partial charge in [0.15, 0.2) is 5.60 Å². The van der Waals surface area contributed by atoms with Gasteiger partial charge in [0.25, 0.3) is 0 Å². The number of carbonyl (C=O) groups excluding carboxylic acids is 2. The van der Waals surface area contributed by atoms with Gasteiger partial charge in [0.05, 0.1) is 13.0 Å². The van der Waals surface area contributed by atoms with Crippen LogP contribution in [0.4, 0.5) is 0 Å². The van der Waals surface area contributed by atoms with Crippen LogP contribution in [0.2, 0.25) is 0 Å². The van der Waals surface area contributed by atoms with Crippen LogP contribution in [0.3, 0.4) is 0 Å². The number of carbonyl (C=O) groups is 3. The zero-order valence-corrected chi connectivity index (χ0v) is 14.1. The minimum absolute atomic E-state index is 0.143. The lowest BCUT2D eigenvalue weighted by atomic mass is 10.0. The zero-order chi connectivity index (χ0) is 18.3. The molecule has 1 aromatic rings. The number of hydrogen-bond donors (Lipinski definition) is 4. The molecule has 1 aromatic carbocycles. The fraction of sp³-hybridized carbons (Fsp3) is 0.471. The van der Waals surface area contributed by atoms with Crippen molar-refractivity contribution in [2.45, 2.75) is 38.8 Å². The molecule has 0 bridgehead atoms. The molecule has 0 aromatic heterocycles. The van der Waals surface area contributed by atoms with E-state index in [1.807, 2.05) is 30.3 Å². The average Bonchev–Trinajstić information content (AvgIpc) is 2.51. The van der Waals surface area contributed by atoms with Crippen molar-refractivity contribution in [3.8, 4) is 0 Å². The Morgan fingerprint density at radius 2 is 1.75 bits per heavy atom. The van der Waals surface area contributed by atoms with Crippen LogP contribution in [0.5, 0.6) is 0 Å². The number of carboxylic acids is 1. The first-order valence-electron chi connectivity index (χ1n) is 7.70. The lowest BCUT2D eigenvalue weighted by Gasteiger charge is -2.24. The molecule has 0 saturated carbocycles. The lowest BCUT2D eigenvalue weighted by Crippen LogP contribution is -2.54. The summed E-state index contributed by atoms with van der Waals surface area (Å²) in [6.45, 7) is 4.18. The van der Waals surface area contributed by atoms with Crippen molar-refractivity contribution in [1.82, 2.24) is 10.6 Å². The van der Waals surface area contributed by atoms with Crippen molar-refractivity contribution in [3.63, 3.8) is 0 Å². The Morgan fingerprint density at radius 3 is 2.25 bits per heavy atom. The molecule has 0 spiro atoms. The van der Waals surface area contributed by atoms with E-state index in [1.165, 1.54) is 0 Å². The molecule has 0 aliphatic carbocycles. The van der Waals surface area contributed by atoms with Gasteiger partial charge in [0.2, 0.25) is 11.8 Å². The van der Waals surface area contributed by atoms with Crippen molar-refractivity contribution >= 4 is 17.8 Å². The molecule has 0 radical (unpaired) electrons. The second kappa shape index (κ2) is 8.44. The number of nitrogens with one attached hydrogen (secondary N) is 2. The van der Waals surface area contributed by atoms with Crippen LogP contribution in [0, 0.1) is 5.92 Å². The maximum atomic E-state index is 12.2. The van der Waals surface area contributed by atoms with Crippen LogP contribution in [0.25, 0.3) is 0 Å². The summed E-state index contributed by atoms with van der Waals surface area (Å²) in [5.74, 6) is -2.47. The van der Waals surface area contributed by atoms with Gasteiger partial charge in [-0.3, -0.25) is 9.59 Å². The van der Waals surface area contributed by atoms with E-state index >= 15 is 0 Å². The Labute approximate surface area is 141 Å². The monoisotopic (exact) mass is 336 g/mol. The molecule has 0 aliphatic rings. The summed E-state index contributed by atoms with van der Waals surface area (Å²) in [5.41, 5.74) is -1.24. The largest absolute Gasteiger partial charge is 0.479 e. The zero-order valence-electron chi connectivity index (χ0n) is 14.1. The highest BCUT2D eigenvalue weighted by Gasteiger charge is 2.32. The quantitative estimate of drug-likeness (QED) is 0.546. The molecule has 2 atom stereocenters. The Kier molecular flexibility index (Phi) is 6.91. The van der Waals surface area contributed by atoms with Crippen molar-refractivity contribution in [3.05, 3.63) is 35.9 Å². The van der Waals surface area contributed by atoms with E-state index in [0.717, 1.165) is 12.5 Å². The second-order valence-corrected chi connectivity index (χ2v) is 6.25. The van der Waals surface area contributed by atoms with E-state index in [4.69, 9.17) is 5.11 Å². The maximum absolute atomic E-state index is 12.2. The molecule has 0 fully saturated rings. The van der Waals surface area contributed by atoms with Crippen molar-refractivity contribution < 1.29 is 24.6 Å². The first kappa shape index (κ1) is 19.6. The molecular weight excluding hydrogens is 312 g/mol. The van der Waals surface area contributed by atoms with E-state index in [1.54, 1.807) is 13.8 Å². The molecule has 4 N–H and O–H groups in total.